The Hall–Kier alpha value is -0.300. The normalized spacial score (nSPS) is 18.4. The van der Waals surface area contributed by atoms with Crippen LogP contribution in [0.1, 0.15) is 63.5 Å². The maximum absolute atomic E-state index is 3.83. The molecule has 2 rings (SSSR count). The van der Waals surface area contributed by atoms with Crippen molar-refractivity contribution in [1.29, 1.82) is 0 Å². The van der Waals surface area contributed by atoms with Crippen molar-refractivity contribution in [2.24, 2.45) is 5.41 Å². The van der Waals surface area contributed by atoms with Gasteiger partial charge in [-0.2, -0.15) is 0 Å². The Morgan fingerprint density at radius 3 is 2.56 bits per heavy atom. The molecule has 100 valence electrons. The van der Waals surface area contributed by atoms with Crippen LogP contribution in [0.25, 0.3) is 0 Å². The van der Waals surface area contributed by atoms with Crippen molar-refractivity contribution in [2.75, 3.05) is 0 Å². The lowest BCUT2D eigenvalue weighted by Crippen LogP contribution is -2.20. The molecule has 1 aromatic rings. The molecule has 1 saturated carbocycles. The van der Waals surface area contributed by atoms with Gasteiger partial charge in [0.25, 0.3) is 0 Å². The van der Waals surface area contributed by atoms with Crippen LogP contribution >= 0.6 is 15.9 Å². The van der Waals surface area contributed by atoms with Gasteiger partial charge in [-0.15, -0.1) is 0 Å². The molecule has 0 saturated heterocycles. The predicted molar refractivity (Wildman–Crippen MR) is 83.5 cm³/mol. The molecule has 1 fully saturated rings. The first-order valence-corrected chi connectivity index (χ1v) is 8.11. The van der Waals surface area contributed by atoms with E-state index in [1.54, 1.807) is 5.56 Å². The lowest BCUT2D eigenvalue weighted by atomic mass is 9.79. The van der Waals surface area contributed by atoms with Crippen LogP contribution in [0.15, 0.2) is 24.3 Å². The summed E-state index contributed by atoms with van der Waals surface area (Å²) in [5, 5.41) is 0. The highest BCUT2D eigenvalue weighted by Crippen LogP contribution is 2.37. The zero-order valence-electron chi connectivity index (χ0n) is 11.9. The molecule has 0 bridgehead atoms. The second-order valence-electron chi connectivity index (χ2n) is 6.75. The Morgan fingerprint density at radius 1 is 1.28 bits per heavy atom. The van der Waals surface area contributed by atoms with Crippen molar-refractivity contribution in [3.05, 3.63) is 35.4 Å². The maximum atomic E-state index is 3.83. The molecule has 0 aliphatic heterocycles. The number of halogens is 1. The average molecular weight is 309 g/mol. The van der Waals surface area contributed by atoms with Crippen LogP contribution in [-0.2, 0) is 6.42 Å². The van der Waals surface area contributed by atoms with Crippen LogP contribution in [0.2, 0.25) is 0 Å². The Bertz CT molecular complexity index is 385. The molecule has 0 amide bonds. The minimum absolute atomic E-state index is 0.353. The van der Waals surface area contributed by atoms with Gasteiger partial charge < -0.3 is 0 Å². The predicted octanol–water partition coefficient (Wildman–Crippen LogP) is 5.70. The zero-order chi connectivity index (χ0) is 13.2. The fourth-order valence-electron chi connectivity index (χ4n) is 2.47. The van der Waals surface area contributed by atoms with Crippen molar-refractivity contribution in [3.8, 4) is 0 Å². The fraction of sp³-hybridized carbons (Fsp3) is 0.647. The molecule has 1 aliphatic rings. The summed E-state index contributed by atoms with van der Waals surface area (Å²) in [6, 6.07) is 9.27. The third kappa shape index (κ3) is 3.60. The van der Waals surface area contributed by atoms with E-state index in [-0.39, 0.29) is 0 Å². The van der Waals surface area contributed by atoms with Gasteiger partial charge in [-0.3, -0.25) is 0 Å². The summed E-state index contributed by atoms with van der Waals surface area (Å²) < 4.78 is 0. The second-order valence-corrected chi connectivity index (χ2v) is 7.85. The number of benzene rings is 1. The molecule has 1 aromatic carbocycles. The van der Waals surface area contributed by atoms with Gasteiger partial charge >= 0.3 is 0 Å². The standard InChI is InChI=1S/C17H25Br/c1-17(2,3)16(18)11-10-13-6-4-9-15(12-13)14-7-5-8-14/h4,6,9,12,14,16H,5,7-8,10-11H2,1-3H3. The van der Waals surface area contributed by atoms with Gasteiger partial charge in [-0.1, -0.05) is 67.4 Å². The number of hydrogen-bond acceptors (Lipinski definition) is 0. The maximum Gasteiger partial charge on any atom is 0.0197 e. The highest BCUT2D eigenvalue weighted by Gasteiger charge is 2.22. The van der Waals surface area contributed by atoms with Gasteiger partial charge in [-0.25, -0.2) is 0 Å². The second kappa shape index (κ2) is 5.77. The quantitative estimate of drug-likeness (QED) is 0.626. The van der Waals surface area contributed by atoms with Crippen molar-refractivity contribution < 1.29 is 0 Å². The molecular weight excluding hydrogens is 284 g/mol. The van der Waals surface area contributed by atoms with Gasteiger partial charge in [0.2, 0.25) is 0 Å². The summed E-state index contributed by atoms with van der Waals surface area (Å²) >= 11 is 3.83. The van der Waals surface area contributed by atoms with Crippen molar-refractivity contribution in [1.82, 2.24) is 0 Å². The van der Waals surface area contributed by atoms with E-state index in [0.717, 1.165) is 5.92 Å². The molecule has 1 aliphatic carbocycles. The Balaban J connectivity index is 1.93. The number of rotatable bonds is 4. The van der Waals surface area contributed by atoms with E-state index in [2.05, 4.69) is 61.0 Å². The molecule has 1 atom stereocenters. The van der Waals surface area contributed by atoms with E-state index in [0.29, 0.717) is 10.2 Å². The SMILES string of the molecule is CC(C)(C)C(Br)CCc1cccc(C2CCC2)c1. The van der Waals surface area contributed by atoms with Gasteiger partial charge in [0.05, 0.1) is 0 Å². The van der Waals surface area contributed by atoms with Crippen molar-refractivity contribution >= 4 is 15.9 Å². The van der Waals surface area contributed by atoms with Crippen LogP contribution in [0.5, 0.6) is 0 Å². The van der Waals surface area contributed by atoms with Gasteiger partial charge in [0.1, 0.15) is 0 Å². The van der Waals surface area contributed by atoms with Crippen LogP contribution in [0.3, 0.4) is 0 Å². The molecule has 0 spiro atoms. The van der Waals surface area contributed by atoms with E-state index in [4.69, 9.17) is 0 Å². The van der Waals surface area contributed by atoms with E-state index < -0.39 is 0 Å². The monoisotopic (exact) mass is 308 g/mol. The van der Waals surface area contributed by atoms with Gasteiger partial charge in [-0.05, 0) is 48.1 Å². The Kier molecular flexibility index (Phi) is 4.53. The summed E-state index contributed by atoms with van der Waals surface area (Å²) in [6.07, 6.45) is 6.62. The van der Waals surface area contributed by atoms with Crippen LogP contribution in [0.4, 0.5) is 0 Å². The van der Waals surface area contributed by atoms with Crippen LogP contribution < -0.4 is 0 Å². The molecule has 0 heterocycles. The third-order valence-electron chi connectivity index (χ3n) is 4.15. The minimum atomic E-state index is 0.353. The highest BCUT2D eigenvalue weighted by molar-refractivity contribution is 9.09. The topological polar surface area (TPSA) is 0 Å². The number of hydrogen-bond donors (Lipinski definition) is 0. The molecule has 0 radical (unpaired) electrons. The van der Waals surface area contributed by atoms with E-state index in [1.165, 1.54) is 37.7 Å². The molecule has 18 heavy (non-hydrogen) atoms. The van der Waals surface area contributed by atoms with E-state index in [9.17, 15) is 0 Å². The van der Waals surface area contributed by atoms with Crippen LogP contribution in [0, 0.1) is 5.41 Å². The number of aryl methyl sites for hydroxylation is 1. The minimum Gasteiger partial charge on any atom is -0.0885 e. The Morgan fingerprint density at radius 2 is 2.00 bits per heavy atom. The summed E-state index contributed by atoms with van der Waals surface area (Å²) in [5.74, 6) is 0.854. The van der Waals surface area contributed by atoms with Gasteiger partial charge in [0, 0.05) is 4.83 Å². The van der Waals surface area contributed by atoms with E-state index >= 15 is 0 Å². The summed E-state index contributed by atoms with van der Waals surface area (Å²) in [5.41, 5.74) is 3.43. The van der Waals surface area contributed by atoms with Crippen molar-refractivity contribution in [3.63, 3.8) is 0 Å². The third-order valence-corrected chi connectivity index (χ3v) is 5.99. The van der Waals surface area contributed by atoms with Crippen molar-refractivity contribution in [2.45, 2.75) is 63.6 Å². The lowest BCUT2D eigenvalue weighted by Gasteiger charge is -2.27. The first-order chi connectivity index (χ1) is 8.47. The lowest BCUT2D eigenvalue weighted by molar-refractivity contribution is 0.385. The molecular formula is C17H25Br. The molecule has 1 heteroatoms. The zero-order valence-corrected chi connectivity index (χ0v) is 13.5. The largest absolute Gasteiger partial charge is 0.0885 e. The molecule has 0 aromatic heterocycles. The van der Waals surface area contributed by atoms with Gasteiger partial charge in [0.15, 0.2) is 0 Å². The summed E-state index contributed by atoms with van der Waals surface area (Å²) in [4.78, 5) is 0.595. The first kappa shape index (κ1) is 14.1. The molecule has 0 N–H and O–H groups in total. The summed E-state index contributed by atoms with van der Waals surface area (Å²) in [7, 11) is 0. The number of alkyl halides is 1. The molecule has 1 unspecified atom stereocenters. The summed E-state index contributed by atoms with van der Waals surface area (Å²) in [6.45, 7) is 6.91. The highest BCUT2D eigenvalue weighted by atomic mass is 79.9. The Labute approximate surface area is 120 Å². The van der Waals surface area contributed by atoms with E-state index in [1.807, 2.05) is 0 Å². The fourth-order valence-corrected chi connectivity index (χ4v) is 2.70. The average Bonchev–Trinajstić information content (AvgIpc) is 2.22. The first-order valence-electron chi connectivity index (χ1n) is 7.20. The van der Waals surface area contributed by atoms with Crippen LogP contribution in [-0.4, -0.2) is 4.83 Å². The smallest absolute Gasteiger partial charge is 0.0197 e. The molecule has 0 nitrogen and oxygen atoms in total.